The molecular formula is C29H36F3N5O6. The van der Waals surface area contributed by atoms with E-state index in [0.29, 0.717) is 0 Å². The predicted molar refractivity (Wildman–Crippen MR) is 146 cm³/mol. The van der Waals surface area contributed by atoms with Gasteiger partial charge in [0.1, 0.15) is 29.7 Å². The zero-order valence-electron chi connectivity index (χ0n) is 24.3. The number of alkyl halides is 2. The van der Waals surface area contributed by atoms with Crippen LogP contribution in [0.1, 0.15) is 47.0 Å². The molecule has 4 aliphatic rings. The van der Waals surface area contributed by atoms with E-state index in [1.165, 1.54) is 11.0 Å². The molecule has 234 valence electrons. The van der Waals surface area contributed by atoms with E-state index in [4.69, 9.17) is 10.5 Å². The molecule has 0 radical (unpaired) electrons. The fourth-order valence-corrected chi connectivity index (χ4v) is 6.61. The molecule has 5 N–H and O–H groups in total. The van der Waals surface area contributed by atoms with Gasteiger partial charge >= 0.3 is 0 Å². The number of nitrogens with zero attached hydrogens (tertiary/aromatic N) is 1. The Hall–Kier alpha value is -3.84. The summed E-state index contributed by atoms with van der Waals surface area (Å²) in [7, 11) is 0. The van der Waals surface area contributed by atoms with Gasteiger partial charge in [0.05, 0.1) is 5.69 Å². The molecule has 3 fully saturated rings. The molecular weight excluding hydrogens is 571 g/mol. The van der Waals surface area contributed by atoms with Crippen molar-refractivity contribution in [2.75, 3.05) is 11.9 Å². The van der Waals surface area contributed by atoms with Crippen LogP contribution in [0.4, 0.5) is 18.9 Å². The van der Waals surface area contributed by atoms with Gasteiger partial charge in [-0.05, 0) is 35.3 Å². The largest absolute Gasteiger partial charge is 0.478 e. The van der Waals surface area contributed by atoms with Crippen LogP contribution >= 0.6 is 0 Å². The highest BCUT2D eigenvalue weighted by Crippen LogP contribution is 2.65. The van der Waals surface area contributed by atoms with Gasteiger partial charge in [-0.3, -0.25) is 24.0 Å². The van der Waals surface area contributed by atoms with Crippen LogP contribution in [0.15, 0.2) is 18.2 Å². The molecule has 1 saturated heterocycles. The highest BCUT2D eigenvalue weighted by atomic mass is 19.3. The number of halogens is 3. The number of primary amides is 1. The maximum absolute atomic E-state index is 13.8. The Morgan fingerprint density at radius 2 is 1.81 bits per heavy atom. The fourth-order valence-electron chi connectivity index (χ4n) is 6.61. The lowest BCUT2D eigenvalue weighted by Crippen LogP contribution is -2.60. The second-order valence-electron chi connectivity index (χ2n) is 13.0. The first kappa shape index (κ1) is 30.6. The van der Waals surface area contributed by atoms with Crippen molar-refractivity contribution < 1.29 is 41.9 Å². The standard InChI is InChI=1S/C29H36F3N5O6/c1-12(2)21(36-24(39)13-9-29(31,32)10-13)27(42)37-11-15-20(28(15,3)4)22(37)26(41)35-17(23(33)38)8-19-25(40)34-16-6-5-14(30)7-18(16)43-19/h5-7,12-13,15,17,19-22H,8-11H2,1-4H3,(H2,33,38)(H,34,40)(H,35,41)(H,36,39)/t15-,17?,19?,20-,21?,22-/m0/s1. The molecule has 5 rings (SSSR count). The summed E-state index contributed by atoms with van der Waals surface area (Å²) in [6.07, 6.45) is -2.78. The number of carbonyl (C=O) groups excluding carboxylic acids is 5. The maximum atomic E-state index is 13.8. The minimum Gasteiger partial charge on any atom is -0.478 e. The molecule has 43 heavy (non-hydrogen) atoms. The van der Waals surface area contributed by atoms with E-state index in [0.717, 1.165) is 12.1 Å². The first-order chi connectivity index (χ1) is 20.0. The van der Waals surface area contributed by atoms with Gasteiger partial charge < -0.3 is 31.3 Å². The molecule has 1 aromatic rings. The smallest absolute Gasteiger partial charge is 0.265 e. The molecule has 1 aromatic carbocycles. The summed E-state index contributed by atoms with van der Waals surface area (Å²) >= 11 is 0. The summed E-state index contributed by atoms with van der Waals surface area (Å²) in [4.78, 5) is 66.6. The molecule has 2 aliphatic heterocycles. The minimum atomic E-state index is -2.90. The third-order valence-corrected chi connectivity index (χ3v) is 9.32. The van der Waals surface area contributed by atoms with Crippen molar-refractivity contribution >= 4 is 35.2 Å². The number of amides is 5. The topological polar surface area (TPSA) is 160 Å². The predicted octanol–water partition coefficient (Wildman–Crippen LogP) is 1.55. The van der Waals surface area contributed by atoms with E-state index < -0.39 is 90.2 Å². The second kappa shape index (κ2) is 10.7. The van der Waals surface area contributed by atoms with E-state index in [2.05, 4.69) is 16.0 Å². The lowest BCUT2D eigenvalue weighted by Gasteiger charge is -2.37. The summed E-state index contributed by atoms with van der Waals surface area (Å²) in [5.41, 5.74) is 5.55. The number of likely N-dealkylation sites (tertiary alicyclic amines) is 1. The van der Waals surface area contributed by atoms with Gasteiger partial charge in [-0.15, -0.1) is 0 Å². The summed E-state index contributed by atoms with van der Waals surface area (Å²) in [5, 5.41) is 7.77. The first-order valence-electron chi connectivity index (χ1n) is 14.4. The van der Waals surface area contributed by atoms with Gasteiger partial charge in [0.2, 0.25) is 29.6 Å². The molecule has 2 aliphatic carbocycles. The zero-order chi connectivity index (χ0) is 31.6. The highest BCUT2D eigenvalue weighted by Gasteiger charge is 2.69. The first-order valence-corrected chi connectivity index (χ1v) is 14.4. The zero-order valence-corrected chi connectivity index (χ0v) is 24.3. The van der Waals surface area contributed by atoms with Crippen molar-refractivity contribution in [1.29, 1.82) is 0 Å². The Morgan fingerprint density at radius 1 is 1.14 bits per heavy atom. The van der Waals surface area contributed by atoms with Crippen molar-refractivity contribution in [1.82, 2.24) is 15.5 Å². The molecule has 0 bridgehead atoms. The number of ether oxygens (including phenoxy) is 1. The van der Waals surface area contributed by atoms with Crippen molar-refractivity contribution in [2.45, 2.75) is 77.1 Å². The van der Waals surface area contributed by atoms with Crippen LogP contribution in [-0.4, -0.2) is 71.1 Å². The molecule has 0 aromatic heterocycles. The number of nitrogens with one attached hydrogen (secondary N) is 3. The van der Waals surface area contributed by atoms with Gasteiger partial charge in [-0.2, -0.15) is 0 Å². The lowest BCUT2D eigenvalue weighted by molar-refractivity contribution is -0.154. The molecule has 2 heterocycles. The molecule has 5 amide bonds. The third kappa shape index (κ3) is 5.75. The summed E-state index contributed by atoms with van der Waals surface area (Å²) in [6.45, 7) is 7.57. The van der Waals surface area contributed by atoms with E-state index in [1.807, 2.05) is 13.8 Å². The molecule has 0 spiro atoms. The molecule has 6 atom stereocenters. The van der Waals surface area contributed by atoms with Crippen LogP contribution in [-0.2, 0) is 24.0 Å². The normalized spacial score (nSPS) is 27.9. The van der Waals surface area contributed by atoms with Gasteiger partial charge in [0.15, 0.2) is 6.10 Å². The number of carbonyl (C=O) groups is 5. The fraction of sp³-hybridized carbons (Fsp3) is 0.621. The highest BCUT2D eigenvalue weighted by molar-refractivity contribution is 5.99. The number of nitrogens with two attached hydrogens (primary N) is 1. The minimum absolute atomic E-state index is 0.0214. The van der Waals surface area contributed by atoms with Crippen molar-refractivity contribution in [3.63, 3.8) is 0 Å². The second-order valence-corrected chi connectivity index (χ2v) is 13.0. The van der Waals surface area contributed by atoms with Crippen LogP contribution < -0.4 is 26.4 Å². The molecule has 3 unspecified atom stereocenters. The molecule has 2 saturated carbocycles. The number of rotatable bonds is 9. The average Bonchev–Trinajstić information content (AvgIpc) is 3.21. The lowest BCUT2D eigenvalue weighted by atomic mass is 9.80. The number of fused-ring (bicyclic) bond motifs is 2. The van der Waals surface area contributed by atoms with Gasteiger partial charge in [-0.25, -0.2) is 13.2 Å². The van der Waals surface area contributed by atoms with Crippen LogP contribution in [0.5, 0.6) is 5.75 Å². The quantitative estimate of drug-likeness (QED) is 0.333. The van der Waals surface area contributed by atoms with Crippen LogP contribution in [0.25, 0.3) is 0 Å². The maximum Gasteiger partial charge on any atom is 0.265 e. The Kier molecular flexibility index (Phi) is 7.62. The Labute approximate surface area is 246 Å². The van der Waals surface area contributed by atoms with Gasteiger partial charge in [0.25, 0.3) is 5.91 Å². The third-order valence-electron chi connectivity index (χ3n) is 9.32. The van der Waals surface area contributed by atoms with Crippen molar-refractivity contribution in [3.8, 4) is 5.75 Å². The molecule has 14 heteroatoms. The average molecular weight is 608 g/mol. The van der Waals surface area contributed by atoms with Crippen molar-refractivity contribution in [3.05, 3.63) is 24.0 Å². The van der Waals surface area contributed by atoms with E-state index in [-0.39, 0.29) is 41.7 Å². The number of piperidine rings is 1. The van der Waals surface area contributed by atoms with Crippen LogP contribution in [0, 0.1) is 34.9 Å². The van der Waals surface area contributed by atoms with E-state index in [9.17, 15) is 37.1 Å². The number of anilines is 1. The Morgan fingerprint density at radius 3 is 2.42 bits per heavy atom. The summed E-state index contributed by atoms with van der Waals surface area (Å²) < 4.78 is 46.0. The van der Waals surface area contributed by atoms with Gasteiger partial charge in [-0.1, -0.05) is 27.7 Å². The monoisotopic (exact) mass is 607 g/mol. The number of hydrogen-bond donors (Lipinski definition) is 4. The molecule has 11 nitrogen and oxygen atoms in total. The summed E-state index contributed by atoms with van der Waals surface area (Å²) in [6, 6.07) is 0.146. The van der Waals surface area contributed by atoms with Crippen molar-refractivity contribution in [2.24, 2.45) is 34.8 Å². The van der Waals surface area contributed by atoms with Gasteiger partial charge in [0, 0.05) is 37.8 Å². The Balaban J connectivity index is 1.30. The Bertz CT molecular complexity index is 1360. The SMILES string of the molecule is CC(C)C(NC(=O)C1CC(F)(F)C1)C(=O)N1C[C@H]2[C@@H]([C@H]1C(=O)NC(CC1Oc3cc(F)ccc3NC1=O)C(N)=O)C2(C)C. The van der Waals surface area contributed by atoms with Crippen LogP contribution in [0.3, 0.4) is 0 Å². The van der Waals surface area contributed by atoms with Crippen LogP contribution in [0.2, 0.25) is 0 Å². The number of hydrogen-bond acceptors (Lipinski definition) is 6. The number of benzene rings is 1. The van der Waals surface area contributed by atoms with E-state index >= 15 is 0 Å². The summed E-state index contributed by atoms with van der Waals surface area (Å²) in [5.74, 6) is -8.38. The van der Waals surface area contributed by atoms with E-state index in [1.54, 1.807) is 13.8 Å².